The number of hydrogen-bond donors (Lipinski definition) is 0. The van der Waals surface area contributed by atoms with Gasteiger partial charge in [0, 0.05) is 5.56 Å². The fourth-order valence-corrected chi connectivity index (χ4v) is 4.54. The number of fused-ring (bicyclic) bond motifs is 1. The lowest BCUT2D eigenvalue weighted by molar-refractivity contribution is 0.305. The van der Waals surface area contributed by atoms with Crippen LogP contribution in [-0.2, 0) is 0 Å². The molecule has 152 valence electrons. The molecule has 0 amide bonds. The van der Waals surface area contributed by atoms with Gasteiger partial charge in [0.2, 0.25) is 4.96 Å². The third-order valence-corrected chi connectivity index (χ3v) is 6.24. The molecule has 29 heavy (non-hydrogen) atoms. The van der Waals surface area contributed by atoms with Gasteiger partial charge in [0.25, 0.3) is 5.56 Å². The fourth-order valence-electron chi connectivity index (χ4n) is 3.57. The number of rotatable bonds is 8. The molecule has 0 saturated heterocycles. The molecule has 4 rings (SSSR count). The number of aromatic nitrogens is 3. The number of benzene rings is 1. The zero-order chi connectivity index (χ0) is 20.1. The number of unbranched alkanes of at least 4 members (excludes halogenated alkanes) is 3. The summed E-state index contributed by atoms with van der Waals surface area (Å²) >= 11 is 1.43. The van der Waals surface area contributed by atoms with Gasteiger partial charge in [-0.15, -0.1) is 5.10 Å². The summed E-state index contributed by atoms with van der Waals surface area (Å²) in [4.78, 5) is 17.9. The molecular formula is C23H27N3O2S. The second-order valence-corrected chi connectivity index (χ2v) is 8.56. The molecule has 1 aliphatic carbocycles. The van der Waals surface area contributed by atoms with Gasteiger partial charge in [-0.05, 0) is 55.9 Å². The fraction of sp³-hybridized carbons (Fsp3) is 0.435. The molecule has 0 aliphatic heterocycles. The predicted molar refractivity (Wildman–Crippen MR) is 118 cm³/mol. The molecule has 1 unspecified atom stereocenters. The molecule has 0 spiro atoms. The Kier molecular flexibility index (Phi) is 6.39. The largest absolute Gasteiger partial charge is 0.494 e. The second-order valence-electron chi connectivity index (χ2n) is 7.55. The first kappa shape index (κ1) is 19.8. The molecule has 0 saturated carbocycles. The normalized spacial score (nSPS) is 17.3. The highest BCUT2D eigenvalue weighted by Crippen LogP contribution is 2.22. The summed E-state index contributed by atoms with van der Waals surface area (Å²) in [5.74, 6) is 1.87. The van der Waals surface area contributed by atoms with Gasteiger partial charge in [0.1, 0.15) is 5.75 Å². The first-order valence-corrected chi connectivity index (χ1v) is 11.4. The summed E-state index contributed by atoms with van der Waals surface area (Å²) in [6, 6.07) is 7.79. The molecule has 2 aromatic heterocycles. The van der Waals surface area contributed by atoms with Crippen LogP contribution in [0.15, 0.2) is 41.2 Å². The van der Waals surface area contributed by atoms with Crippen LogP contribution in [0, 0.1) is 5.92 Å². The van der Waals surface area contributed by atoms with Crippen molar-refractivity contribution in [3.63, 3.8) is 0 Å². The zero-order valence-electron chi connectivity index (χ0n) is 16.8. The molecule has 0 fully saturated rings. The van der Waals surface area contributed by atoms with Crippen LogP contribution in [0.3, 0.4) is 0 Å². The van der Waals surface area contributed by atoms with Crippen molar-refractivity contribution < 1.29 is 4.74 Å². The van der Waals surface area contributed by atoms with Crippen LogP contribution in [0.5, 0.6) is 5.75 Å². The van der Waals surface area contributed by atoms with Crippen molar-refractivity contribution in [3.8, 4) is 17.1 Å². The van der Waals surface area contributed by atoms with Crippen molar-refractivity contribution in [1.82, 2.24) is 14.6 Å². The topological polar surface area (TPSA) is 56.5 Å². The summed E-state index contributed by atoms with van der Waals surface area (Å²) < 4.78 is 7.97. The summed E-state index contributed by atoms with van der Waals surface area (Å²) in [6.45, 7) is 2.95. The molecule has 0 bridgehead atoms. The van der Waals surface area contributed by atoms with Crippen LogP contribution in [0.4, 0.5) is 0 Å². The van der Waals surface area contributed by atoms with Gasteiger partial charge < -0.3 is 4.74 Å². The van der Waals surface area contributed by atoms with Gasteiger partial charge in [0.05, 0.1) is 11.1 Å². The minimum atomic E-state index is -0.0645. The lowest BCUT2D eigenvalue weighted by Crippen LogP contribution is -2.25. The van der Waals surface area contributed by atoms with Gasteiger partial charge in [-0.2, -0.15) is 9.50 Å². The van der Waals surface area contributed by atoms with Crippen LogP contribution < -0.4 is 14.8 Å². The van der Waals surface area contributed by atoms with Crippen LogP contribution >= 0.6 is 11.3 Å². The predicted octanol–water partition coefficient (Wildman–Crippen LogP) is 4.63. The molecule has 1 aromatic carbocycles. The van der Waals surface area contributed by atoms with Gasteiger partial charge in [0.15, 0.2) is 5.82 Å². The van der Waals surface area contributed by atoms with Crippen LogP contribution in [-0.4, -0.2) is 21.2 Å². The van der Waals surface area contributed by atoms with Crippen molar-refractivity contribution in [2.24, 2.45) is 5.92 Å². The zero-order valence-corrected chi connectivity index (χ0v) is 17.7. The lowest BCUT2D eigenvalue weighted by Gasteiger charge is -2.11. The Morgan fingerprint density at radius 2 is 2.07 bits per heavy atom. The molecule has 0 radical (unpaired) electrons. The Morgan fingerprint density at radius 1 is 1.21 bits per heavy atom. The van der Waals surface area contributed by atoms with Gasteiger partial charge in [-0.25, -0.2) is 0 Å². The van der Waals surface area contributed by atoms with Crippen molar-refractivity contribution in [2.45, 2.75) is 51.9 Å². The molecule has 6 heteroatoms. The van der Waals surface area contributed by atoms with E-state index in [1.165, 1.54) is 35.1 Å². The number of allylic oxidation sites excluding steroid dienone is 2. The number of hydrogen-bond acceptors (Lipinski definition) is 5. The first-order valence-electron chi connectivity index (χ1n) is 10.5. The molecule has 1 aliphatic rings. The highest BCUT2D eigenvalue weighted by atomic mass is 32.1. The Morgan fingerprint density at radius 3 is 2.79 bits per heavy atom. The van der Waals surface area contributed by atoms with Gasteiger partial charge >= 0.3 is 0 Å². The SMILES string of the molecule is CCCCCCOc1ccc(-c2nc3sc(=CC4CC=CCC4)c(=O)n3n2)cc1. The summed E-state index contributed by atoms with van der Waals surface area (Å²) in [7, 11) is 0. The number of nitrogens with zero attached hydrogens (tertiary/aromatic N) is 3. The molecule has 3 aromatic rings. The van der Waals surface area contributed by atoms with E-state index in [0.29, 0.717) is 16.7 Å². The van der Waals surface area contributed by atoms with E-state index in [1.807, 2.05) is 24.3 Å². The quantitative estimate of drug-likeness (QED) is 0.402. The van der Waals surface area contributed by atoms with Crippen molar-refractivity contribution in [2.75, 3.05) is 6.61 Å². The minimum Gasteiger partial charge on any atom is -0.494 e. The number of ether oxygens (including phenoxy) is 1. The van der Waals surface area contributed by atoms with E-state index < -0.39 is 0 Å². The van der Waals surface area contributed by atoms with E-state index in [1.54, 1.807) is 0 Å². The second kappa shape index (κ2) is 9.35. The standard InChI is InChI=1S/C23H27N3O2S/c1-2-3-4-8-15-28-19-13-11-18(12-14-19)21-24-23-26(25-21)22(27)20(29-23)16-17-9-6-5-7-10-17/h5-6,11-14,16-17H,2-4,7-10,15H2,1H3. The van der Waals surface area contributed by atoms with E-state index in [4.69, 9.17) is 4.74 Å². The summed E-state index contributed by atoms with van der Waals surface area (Å²) in [5.41, 5.74) is 0.826. The average molecular weight is 410 g/mol. The van der Waals surface area contributed by atoms with E-state index in [2.05, 4.69) is 35.2 Å². The maximum absolute atomic E-state index is 12.7. The number of thiazole rings is 1. The first-order chi connectivity index (χ1) is 14.2. The Balaban J connectivity index is 1.46. The van der Waals surface area contributed by atoms with E-state index in [0.717, 1.165) is 48.1 Å². The summed E-state index contributed by atoms with van der Waals surface area (Å²) in [6.07, 6.45) is 14.5. The van der Waals surface area contributed by atoms with Crippen molar-refractivity contribution >= 4 is 22.4 Å². The molecule has 2 heterocycles. The van der Waals surface area contributed by atoms with Gasteiger partial charge in [-0.1, -0.05) is 55.8 Å². The Bertz CT molecular complexity index is 1080. The molecule has 1 atom stereocenters. The third kappa shape index (κ3) is 4.75. The maximum Gasteiger partial charge on any atom is 0.290 e. The van der Waals surface area contributed by atoms with Crippen molar-refractivity contribution in [1.29, 1.82) is 0 Å². The van der Waals surface area contributed by atoms with E-state index >= 15 is 0 Å². The van der Waals surface area contributed by atoms with Gasteiger partial charge in [-0.3, -0.25) is 4.79 Å². The Labute approximate surface area is 174 Å². The lowest BCUT2D eigenvalue weighted by atomic mass is 9.94. The van der Waals surface area contributed by atoms with Crippen molar-refractivity contribution in [3.05, 3.63) is 51.3 Å². The van der Waals surface area contributed by atoms with Crippen LogP contribution in [0.2, 0.25) is 0 Å². The average Bonchev–Trinajstić information content (AvgIpc) is 3.29. The van der Waals surface area contributed by atoms with E-state index in [-0.39, 0.29) is 5.56 Å². The highest BCUT2D eigenvalue weighted by molar-refractivity contribution is 7.15. The molecular weight excluding hydrogens is 382 g/mol. The summed E-state index contributed by atoms with van der Waals surface area (Å²) in [5, 5.41) is 4.45. The molecule has 5 nitrogen and oxygen atoms in total. The smallest absolute Gasteiger partial charge is 0.290 e. The molecule has 0 N–H and O–H groups in total. The van der Waals surface area contributed by atoms with Crippen LogP contribution in [0.1, 0.15) is 51.9 Å². The van der Waals surface area contributed by atoms with E-state index in [9.17, 15) is 4.79 Å². The Hall–Kier alpha value is -2.47. The third-order valence-electron chi connectivity index (χ3n) is 5.26. The maximum atomic E-state index is 12.7. The highest BCUT2D eigenvalue weighted by Gasteiger charge is 2.14. The monoisotopic (exact) mass is 409 g/mol. The minimum absolute atomic E-state index is 0.0645. The van der Waals surface area contributed by atoms with Crippen LogP contribution in [0.25, 0.3) is 22.4 Å².